The summed E-state index contributed by atoms with van der Waals surface area (Å²) in [6.07, 6.45) is 55.2. The van der Waals surface area contributed by atoms with Gasteiger partial charge < -0.3 is 45.1 Å². The average Bonchev–Trinajstić information content (AvgIpc) is 3.38. The summed E-state index contributed by atoms with van der Waals surface area (Å²) in [5.41, 5.74) is 0. The van der Waals surface area contributed by atoms with Gasteiger partial charge in [-0.25, -0.2) is 0 Å². The maximum atomic E-state index is 13.4. The lowest BCUT2D eigenvalue weighted by Gasteiger charge is -2.41. The lowest BCUT2D eigenvalue weighted by molar-refractivity contribution is -0.305. The van der Waals surface area contributed by atoms with Gasteiger partial charge >= 0.3 is 5.97 Å². The van der Waals surface area contributed by atoms with Crippen LogP contribution in [0.2, 0.25) is 0 Å². The minimum Gasteiger partial charge on any atom is -0.454 e. The number of hydrogen-bond acceptors (Lipinski definition) is 10. The molecule has 0 bridgehead atoms. The Balaban J connectivity index is 2.81. The Hall–Kier alpha value is -3.94. The van der Waals surface area contributed by atoms with Crippen molar-refractivity contribution >= 4 is 11.9 Å². The van der Waals surface area contributed by atoms with Crippen LogP contribution in [0.25, 0.3) is 0 Å². The zero-order chi connectivity index (χ0) is 52.5. The first-order chi connectivity index (χ1) is 35.2. The Bertz CT molecular complexity index is 1630. The first-order valence-corrected chi connectivity index (χ1v) is 27.9. The largest absolute Gasteiger partial charge is 0.454 e. The topological polar surface area (TPSA) is 175 Å². The molecule has 1 aliphatic heterocycles. The highest BCUT2D eigenvalue weighted by atomic mass is 16.7. The van der Waals surface area contributed by atoms with E-state index in [9.17, 15) is 35.1 Å². The number of allylic oxidation sites excluding steroid dienone is 19. The Morgan fingerprint density at radius 2 is 1.07 bits per heavy atom. The van der Waals surface area contributed by atoms with E-state index in [2.05, 4.69) is 74.7 Å². The van der Waals surface area contributed by atoms with E-state index in [0.717, 1.165) is 89.9 Å². The van der Waals surface area contributed by atoms with Crippen LogP contribution in [-0.2, 0) is 23.8 Å². The van der Waals surface area contributed by atoms with E-state index in [4.69, 9.17) is 14.2 Å². The number of hydrogen-bond donors (Lipinski definition) is 6. The number of unbranched alkanes of at least 4 members (excludes halogenated alkanes) is 17. The second kappa shape index (κ2) is 48.0. The number of ether oxygens (including phenoxy) is 3. The molecule has 72 heavy (non-hydrogen) atoms. The molecule has 408 valence electrons. The van der Waals surface area contributed by atoms with Crippen molar-refractivity contribution in [3.05, 3.63) is 122 Å². The number of esters is 1. The van der Waals surface area contributed by atoms with Crippen molar-refractivity contribution in [2.45, 2.75) is 237 Å². The molecule has 0 spiro atoms. The molecule has 0 saturated carbocycles. The van der Waals surface area contributed by atoms with E-state index < -0.39 is 67.4 Å². The van der Waals surface area contributed by atoms with Gasteiger partial charge in [-0.1, -0.05) is 226 Å². The fraction of sp³-hybridized carbons (Fsp3) is 0.639. The predicted molar refractivity (Wildman–Crippen MR) is 296 cm³/mol. The summed E-state index contributed by atoms with van der Waals surface area (Å²) in [7, 11) is 0. The van der Waals surface area contributed by atoms with Gasteiger partial charge in [-0.05, 0) is 77.0 Å². The van der Waals surface area contributed by atoms with Crippen LogP contribution in [-0.4, -0.2) is 99.6 Å². The van der Waals surface area contributed by atoms with Gasteiger partial charge in [0.05, 0.1) is 25.4 Å². The van der Waals surface area contributed by atoms with Gasteiger partial charge in [-0.2, -0.15) is 0 Å². The number of carbonyl (C=O) groups excluding carboxylic acids is 2. The van der Waals surface area contributed by atoms with Crippen LogP contribution < -0.4 is 5.32 Å². The Kier molecular flexibility index (Phi) is 44.1. The van der Waals surface area contributed by atoms with Crippen LogP contribution in [0.5, 0.6) is 0 Å². The third-order valence-corrected chi connectivity index (χ3v) is 12.3. The quantitative estimate of drug-likeness (QED) is 0.0149. The van der Waals surface area contributed by atoms with Crippen molar-refractivity contribution in [3.63, 3.8) is 0 Å². The van der Waals surface area contributed by atoms with Crippen molar-refractivity contribution in [1.29, 1.82) is 0 Å². The lowest BCUT2D eigenvalue weighted by atomic mass is 9.99. The van der Waals surface area contributed by atoms with Crippen LogP contribution in [0, 0.1) is 0 Å². The molecule has 8 unspecified atom stereocenters. The van der Waals surface area contributed by atoms with E-state index in [0.29, 0.717) is 12.8 Å². The Labute approximate surface area is 436 Å². The van der Waals surface area contributed by atoms with Crippen LogP contribution in [0.1, 0.15) is 188 Å². The maximum Gasteiger partial charge on any atom is 0.306 e. The van der Waals surface area contributed by atoms with Crippen molar-refractivity contribution in [1.82, 2.24) is 5.32 Å². The highest BCUT2D eigenvalue weighted by Crippen LogP contribution is 2.26. The van der Waals surface area contributed by atoms with Crippen molar-refractivity contribution in [2.24, 2.45) is 0 Å². The number of rotatable bonds is 44. The molecule has 11 heteroatoms. The monoisotopic (exact) mass is 1010 g/mol. The highest BCUT2D eigenvalue weighted by Gasteiger charge is 2.47. The number of aliphatic hydroxyl groups is 5. The van der Waals surface area contributed by atoms with E-state index in [1.807, 2.05) is 66.8 Å². The van der Waals surface area contributed by atoms with Crippen LogP contribution in [0.4, 0.5) is 0 Å². The number of nitrogens with one attached hydrogen (secondary N) is 1. The molecule has 0 aromatic heterocycles. The van der Waals surface area contributed by atoms with Gasteiger partial charge in [0.15, 0.2) is 12.4 Å². The lowest BCUT2D eigenvalue weighted by Crippen LogP contribution is -2.61. The standard InChI is InChI=1S/C61H99NO10/c1-4-7-10-13-16-19-22-25-26-27-28-31-34-37-40-43-46-49-56(66)72-59-58(68)57(67)55(50-63)71-61(59)70-51-52(53(64)47-44-41-38-35-32-29-23-20-17-14-11-8-5-2)62-60(69)54(65)48-45-42-39-36-33-30-24-21-18-15-12-9-6-3/h7,9-10,12-13,16,18-19,21-22,25-28,30-31,33-34,44,47,52-55,57-59,61,63-65,67-68H,4-6,8,11,14-15,17,20,23-24,29,32,35-43,45-46,48-51H2,1-3H3,(H,62,69)/b10-7-,12-9+,16-13+,21-18+,22-19+,26-25-,28-27+,33-30+,34-31+,47-44+. The molecular weight excluding hydrogens is 907 g/mol. The molecule has 1 heterocycles. The zero-order valence-corrected chi connectivity index (χ0v) is 44.7. The van der Waals surface area contributed by atoms with Crippen molar-refractivity contribution < 1.29 is 49.3 Å². The zero-order valence-electron chi connectivity index (χ0n) is 44.7. The van der Waals surface area contributed by atoms with Crippen LogP contribution in [0.3, 0.4) is 0 Å². The maximum absolute atomic E-state index is 13.4. The summed E-state index contributed by atoms with van der Waals surface area (Å²) in [4.78, 5) is 26.4. The summed E-state index contributed by atoms with van der Waals surface area (Å²) in [5, 5.41) is 56.7. The SMILES string of the molecule is CC\C=C/C=C/C=C/C=C\C=C\C=C\CCCCCC(=O)OC1C(OCC(NC(=O)C(O)CCCCC/C=C/C/C=C/C/C=C/CC)C(O)/C=C/CCCCCCCCCCCCC)OC(CO)C(O)C1O. The summed E-state index contributed by atoms with van der Waals surface area (Å²) >= 11 is 0. The molecule has 8 atom stereocenters. The third kappa shape index (κ3) is 36.1. The predicted octanol–water partition coefficient (Wildman–Crippen LogP) is 12.3. The van der Waals surface area contributed by atoms with Gasteiger partial charge in [-0.3, -0.25) is 9.59 Å². The van der Waals surface area contributed by atoms with Gasteiger partial charge in [0, 0.05) is 6.42 Å². The molecule has 1 rings (SSSR count). The molecular formula is C61H99NO10. The molecule has 11 nitrogen and oxygen atoms in total. The molecule has 1 fully saturated rings. The number of carbonyl (C=O) groups is 2. The van der Waals surface area contributed by atoms with Crippen LogP contribution >= 0.6 is 0 Å². The van der Waals surface area contributed by atoms with Gasteiger partial charge in [0.25, 0.3) is 0 Å². The van der Waals surface area contributed by atoms with Crippen molar-refractivity contribution in [2.75, 3.05) is 13.2 Å². The molecule has 0 radical (unpaired) electrons. The fourth-order valence-electron chi connectivity index (χ4n) is 7.87. The van der Waals surface area contributed by atoms with Gasteiger partial charge in [-0.15, -0.1) is 0 Å². The molecule has 0 aromatic carbocycles. The normalized spacial score (nSPS) is 20.5. The molecule has 1 amide bonds. The van der Waals surface area contributed by atoms with Crippen LogP contribution in [0.15, 0.2) is 122 Å². The summed E-state index contributed by atoms with van der Waals surface area (Å²) in [6.45, 7) is 5.45. The Morgan fingerprint density at radius 3 is 1.67 bits per heavy atom. The van der Waals surface area contributed by atoms with E-state index >= 15 is 0 Å². The third-order valence-electron chi connectivity index (χ3n) is 12.3. The fourth-order valence-corrected chi connectivity index (χ4v) is 7.87. The first-order valence-electron chi connectivity index (χ1n) is 27.9. The Morgan fingerprint density at radius 1 is 0.569 bits per heavy atom. The number of amides is 1. The molecule has 6 N–H and O–H groups in total. The minimum atomic E-state index is -1.64. The van der Waals surface area contributed by atoms with E-state index in [1.165, 1.54) is 51.4 Å². The summed E-state index contributed by atoms with van der Waals surface area (Å²) in [6, 6.07) is -1.05. The second-order valence-corrected chi connectivity index (χ2v) is 18.7. The molecule has 1 aliphatic rings. The minimum absolute atomic E-state index is 0.0619. The number of aliphatic hydroxyl groups excluding tert-OH is 5. The van der Waals surface area contributed by atoms with Gasteiger partial charge in [0.2, 0.25) is 5.91 Å². The summed E-state index contributed by atoms with van der Waals surface area (Å²) < 4.78 is 17.5. The molecule has 1 saturated heterocycles. The highest BCUT2D eigenvalue weighted by molar-refractivity contribution is 5.80. The van der Waals surface area contributed by atoms with E-state index in [-0.39, 0.29) is 19.4 Å². The molecule has 0 aromatic rings. The van der Waals surface area contributed by atoms with Crippen molar-refractivity contribution in [3.8, 4) is 0 Å². The average molecular weight is 1010 g/mol. The second-order valence-electron chi connectivity index (χ2n) is 18.7. The smallest absolute Gasteiger partial charge is 0.306 e. The van der Waals surface area contributed by atoms with Gasteiger partial charge in [0.1, 0.15) is 24.4 Å². The first kappa shape index (κ1) is 66.1. The summed E-state index contributed by atoms with van der Waals surface area (Å²) in [5.74, 6) is -1.28. The molecule has 0 aliphatic carbocycles. The van der Waals surface area contributed by atoms with E-state index in [1.54, 1.807) is 6.08 Å².